The van der Waals surface area contributed by atoms with Gasteiger partial charge in [-0.25, -0.2) is 4.39 Å². The predicted octanol–water partition coefficient (Wildman–Crippen LogP) is 4.35. The first kappa shape index (κ1) is 19.9. The van der Waals surface area contributed by atoms with Crippen molar-refractivity contribution in [3.63, 3.8) is 0 Å². The number of fused-ring (bicyclic) bond motifs is 1. The van der Waals surface area contributed by atoms with E-state index in [-0.39, 0.29) is 24.4 Å². The van der Waals surface area contributed by atoms with Gasteiger partial charge in [-0.3, -0.25) is 19.3 Å². The van der Waals surface area contributed by atoms with Crippen LogP contribution in [0, 0.1) is 12.7 Å². The van der Waals surface area contributed by atoms with E-state index < -0.39 is 22.9 Å². The summed E-state index contributed by atoms with van der Waals surface area (Å²) in [5.41, 5.74) is 1.37. The molecular weight excluding hydrogens is 407 g/mol. The number of halogens is 1. The van der Waals surface area contributed by atoms with Gasteiger partial charge in [0.25, 0.3) is 17.1 Å². The van der Waals surface area contributed by atoms with Crippen LogP contribution in [-0.2, 0) is 4.79 Å². The second kappa shape index (κ2) is 8.16. The maximum absolute atomic E-state index is 13.9. The number of carbonyl (C=O) groups is 3. The minimum atomic E-state index is -0.544. The summed E-state index contributed by atoms with van der Waals surface area (Å²) in [6.45, 7) is 1.75. The van der Waals surface area contributed by atoms with Crippen LogP contribution in [-0.4, -0.2) is 35.0 Å². The number of carbonyl (C=O) groups excluding carboxylic acids is 3. The highest BCUT2D eigenvalue weighted by Gasteiger charge is 2.34. The molecule has 1 aliphatic heterocycles. The Morgan fingerprint density at radius 2 is 1.93 bits per heavy atom. The van der Waals surface area contributed by atoms with E-state index in [0.717, 1.165) is 22.2 Å². The van der Waals surface area contributed by atoms with Crippen LogP contribution in [0.3, 0.4) is 0 Å². The van der Waals surface area contributed by atoms with Gasteiger partial charge >= 0.3 is 0 Å². The van der Waals surface area contributed by atoms with Gasteiger partial charge in [-0.05, 0) is 36.4 Å². The van der Waals surface area contributed by atoms with Crippen LogP contribution in [0.4, 0.5) is 9.18 Å². The van der Waals surface area contributed by atoms with Crippen molar-refractivity contribution in [2.24, 2.45) is 0 Å². The molecule has 0 bridgehead atoms. The topological polar surface area (TPSA) is 79.6 Å². The van der Waals surface area contributed by atoms with Crippen molar-refractivity contribution in [2.45, 2.75) is 6.92 Å². The van der Waals surface area contributed by atoms with Crippen LogP contribution in [0.1, 0.15) is 21.7 Å². The fraction of sp³-hybridized carbons (Fsp3) is 0.136. The van der Waals surface area contributed by atoms with Crippen molar-refractivity contribution in [3.8, 4) is 0 Å². The number of benzene rings is 2. The highest BCUT2D eigenvalue weighted by Crippen LogP contribution is 2.32. The second-order valence-corrected chi connectivity index (χ2v) is 7.67. The first-order chi connectivity index (χ1) is 14.5. The molecule has 8 heteroatoms. The summed E-state index contributed by atoms with van der Waals surface area (Å²) >= 11 is 0.865. The fourth-order valence-electron chi connectivity index (χ4n) is 3.18. The summed E-state index contributed by atoms with van der Waals surface area (Å²) in [5.74, 6) is -1.47. The molecule has 0 spiro atoms. The van der Waals surface area contributed by atoms with Crippen molar-refractivity contribution < 1.29 is 23.2 Å². The molecular formula is C22H17FN2O4S. The molecule has 2 heterocycles. The Balaban J connectivity index is 1.41. The van der Waals surface area contributed by atoms with Gasteiger partial charge in [-0.15, -0.1) is 0 Å². The summed E-state index contributed by atoms with van der Waals surface area (Å²) in [6, 6.07) is 13.7. The minimum Gasteiger partial charge on any atom is -0.448 e. The Labute approximate surface area is 175 Å². The van der Waals surface area contributed by atoms with Crippen LogP contribution in [0.2, 0.25) is 0 Å². The molecule has 2 aromatic carbocycles. The fourth-order valence-corrected chi connectivity index (χ4v) is 4.05. The third kappa shape index (κ3) is 3.73. The highest BCUT2D eigenvalue weighted by molar-refractivity contribution is 8.18. The zero-order valence-corrected chi connectivity index (χ0v) is 16.8. The number of furan rings is 1. The zero-order valence-electron chi connectivity index (χ0n) is 16.0. The molecule has 0 aliphatic carbocycles. The van der Waals surface area contributed by atoms with Crippen LogP contribution in [0.25, 0.3) is 17.0 Å². The Morgan fingerprint density at radius 1 is 1.17 bits per heavy atom. The molecule has 0 radical (unpaired) electrons. The summed E-state index contributed by atoms with van der Waals surface area (Å²) in [6.07, 6.45) is 1.66. The van der Waals surface area contributed by atoms with Crippen LogP contribution >= 0.6 is 11.8 Å². The van der Waals surface area contributed by atoms with Crippen molar-refractivity contribution in [1.29, 1.82) is 0 Å². The van der Waals surface area contributed by atoms with Crippen LogP contribution in [0.15, 0.2) is 57.9 Å². The van der Waals surface area contributed by atoms with E-state index in [4.69, 9.17) is 4.42 Å². The molecule has 0 saturated carbocycles. The van der Waals surface area contributed by atoms with Gasteiger partial charge in [-0.1, -0.05) is 42.5 Å². The Kier molecular flexibility index (Phi) is 5.41. The van der Waals surface area contributed by atoms with Gasteiger partial charge in [-0.2, -0.15) is 0 Å². The second-order valence-electron chi connectivity index (χ2n) is 6.67. The summed E-state index contributed by atoms with van der Waals surface area (Å²) in [5, 5.41) is 2.76. The van der Waals surface area contributed by atoms with E-state index in [1.165, 1.54) is 6.07 Å². The molecule has 152 valence electrons. The molecule has 1 fully saturated rings. The molecule has 0 atom stereocenters. The van der Waals surface area contributed by atoms with E-state index in [0.29, 0.717) is 15.9 Å². The summed E-state index contributed by atoms with van der Waals surface area (Å²) in [7, 11) is 0. The average molecular weight is 424 g/mol. The lowest BCUT2D eigenvalue weighted by Gasteiger charge is -2.12. The predicted molar refractivity (Wildman–Crippen MR) is 112 cm³/mol. The summed E-state index contributed by atoms with van der Waals surface area (Å²) < 4.78 is 19.3. The standard InChI is InChI=1S/C22H17FN2O4S/c1-13-15-8-5-9-16(23)19(15)29-18(13)20(26)24-10-11-25-21(27)17(30-22(25)28)12-14-6-3-2-4-7-14/h2-9,12H,10-11H2,1H3,(H,24,26)/b17-12-. The number of rotatable bonds is 5. The highest BCUT2D eigenvalue weighted by atomic mass is 32.2. The Morgan fingerprint density at radius 3 is 2.67 bits per heavy atom. The molecule has 30 heavy (non-hydrogen) atoms. The third-order valence-electron chi connectivity index (χ3n) is 4.71. The molecule has 3 aromatic rings. The van der Waals surface area contributed by atoms with Gasteiger partial charge < -0.3 is 9.73 Å². The first-order valence-corrected chi connectivity index (χ1v) is 10.0. The Bertz CT molecular complexity index is 1190. The smallest absolute Gasteiger partial charge is 0.293 e. The van der Waals surface area contributed by atoms with Gasteiger partial charge in [0.2, 0.25) is 0 Å². The zero-order chi connectivity index (χ0) is 21.3. The van der Waals surface area contributed by atoms with E-state index in [2.05, 4.69) is 5.32 Å². The van der Waals surface area contributed by atoms with E-state index >= 15 is 0 Å². The Hall–Kier alpha value is -3.39. The van der Waals surface area contributed by atoms with Crippen LogP contribution in [0.5, 0.6) is 0 Å². The largest absolute Gasteiger partial charge is 0.448 e. The maximum atomic E-state index is 13.9. The van der Waals surface area contributed by atoms with Crippen LogP contribution < -0.4 is 5.32 Å². The van der Waals surface area contributed by atoms with E-state index in [9.17, 15) is 18.8 Å². The number of nitrogens with one attached hydrogen (secondary N) is 1. The van der Waals surface area contributed by atoms with Crippen molar-refractivity contribution >= 4 is 45.9 Å². The van der Waals surface area contributed by atoms with E-state index in [1.807, 2.05) is 30.3 Å². The molecule has 1 N–H and O–H groups in total. The maximum Gasteiger partial charge on any atom is 0.293 e. The lowest BCUT2D eigenvalue weighted by molar-refractivity contribution is -0.122. The number of imide groups is 1. The molecule has 3 amide bonds. The number of hydrogen-bond acceptors (Lipinski definition) is 5. The quantitative estimate of drug-likeness (QED) is 0.616. The van der Waals surface area contributed by atoms with Gasteiger partial charge in [0, 0.05) is 24.0 Å². The third-order valence-corrected chi connectivity index (χ3v) is 5.62. The van der Waals surface area contributed by atoms with Gasteiger partial charge in [0.15, 0.2) is 17.2 Å². The van der Waals surface area contributed by atoms with Crippen molar-refractivity contribution in [2.75, 3.05) is 13.1 Å². The van der Waals surface area contributed by atoms with Crippen molar-refractivity contribution in [1.82, 2.24) is 10.2 Å². The monoisotopic (exact) mass is 424 g/mol. The number of hydrogen-bond donors (Lipinski definition) is 1. The lowest BCUT2D eigenvalue weighted by Crippen LogP contribution is -2.37. The van der Waals surface area contributed by atoms with Gasteiger partial charge in [0.05, 0.1) is 4.91 Å². The molecule has 6 nitrogen and oxygen atoms in total. The molecule has 4 rings (SSSR count). The van der Waals surface area contributed by atoms with Crippen molar-refractivity contribution in [3.05, 3.63) is 76.1 Å². The molecule has 0 unspecified atom stereocenters. The SMILES string of the molecule is Cc1c(C(=O)NCCN2C(=O)S/C(=C\c3ccccc3)C2=O)oc2c(F)cccc12. The molecule has 1 aromatic heterocycles. The average Bonchev–Trinajstić information content (AvgIpc) is 3.21. The number of thioether (sulfide) groups is 1. The number of amides is 3. The number of aryl methyl sites for hydroxylation is 1. The minimum absolute atomic E-state index is 0.00760. The lowest BCUT2D eigenvalue weighted by atomic mass is 10.1. The first-order valence-electron chi connectivity index (χ1n) is 9.22. The summed E-state index contributed by atoms with van der Waals surface area (Å²) in [4.78, 5) is 38.6. The molecule has 1 aliphatic rings. The number of para-hydroxylation sites is 1. The van der Waals surface area contributed by atoms with Gasteiger partial charge in [0.1, 0.15) is 0 Å². The normalized spacial score (nSPS) is 15.4. The van der Waals surface area contributed by atoms with E-state index in [1.54, 1.807) is 25.1 Å². The molecule has 1 saturated heterocycles. The number of nitrogens with zero attached hydrogens (tertiary/aromatic N) is 1.